The lowest BCUT2D eigenvalue weighted by atomic mass is 10.1. The van der Waals surface area contributed by atoms with E-state index in [2.05, 4.69) is 0 Å². The van der Waals surface area contributed by atoms with Gasteiger partial charge in [-0.25, -0.2) is 9.18 Å². The maximum atomic E-state index is 13.7. The highest BCUT2D eigenvalue weighted by Crippen LogP contribution is 2.20. The molecule has 0 saturated heterocycles. The molecule has 0 saturated carbocycles. The van der Waals surface area contributed by atoms with E-state index in [4.69, 9.17) is 4.74 Å². The maximum Gasteiger partial charge on any atom is 0.410 e. The molecule has 1 atom stereocenters. The third-order valence-corrected chi connectivity index (χ3v) is 3.21. The third kappa shape index (κ3) is 6.57. The van der Waals surface area contributed by atoms with Crippen LogP contribution in [0.5, 0.6) is 0 Å². The number of amides is 1. The van der Waals surface area contributed by atoms with Gasteiger partial charge < -0.3 is 14.7 Å². The van der Waals surface area contributed by atoms with E-state index in [-0.39, 0.29) is 18.3 Å². The van der Waals surface area contributed by atoms with Gasteiger partial charge >= 0.3 is 6.09 Å². The molecule has 0 bridgehead atoms. The van der Waals surface area contributed by atoms with Crippen LogP contribution in [-0.4, -0.2) is 34.8 Å². The van der Waals surface area contributed by atoms with E-state index in [1.165, 1.54) is 11.0 Å². The number of nitrogens with zero attached hydrogens (tertiary/aromatic N) is 1. The van der Waals surface area contributed by atoms with Crippen LogP contribution in [0.3, 0.4) is 0 Å². The standard InChI is InChI=1S/C18H28FNO3/c1-12(2)10-20(17(22)23-18(4,5)6)11-16(21)14-8-7-13(3)15(19)9-14/h7-9,12,16,21H,10-11H2,1-6H3. The largest absolute Gasteiger partial charge is 0.444 e. The lowest BCUT2D eigenvalue weighted by molar-refractivity contribution is 0.0119. The topological polar surface area (TPSA) is 49.8 Å². The Labute approximate surface area is 138 Å². The van der Waals surface area contributed by atoms with Gasteiger partial charge in [-0.15, -0.1) is 0 Å². The van der Waals surface area contributed by atoms with Crippen molar-refractivity contribution < 1.29 is 19.0 Å². The van der Waals surface area contributed by atoms with Gasteiger partial charge in [-0.2, -0.15) is 0 Å². The third-order valence-electron chi connectivity index (χ3n) is 3.21. The SMILES string of the molecule is Cc1ccc(C(O)CN(CC(C)C)C(=O)OC(C)(C)C)cc1F. The Morgan fingerprint density at radius 2 is 1.91 bits per heavy atom. The molecular formula is C18H28FNO3. The molecule has 4 nitrogen and oxygen atoms in total. The highest BCUT2D eigenvalue weighted by molar-refractivity contribution is 5.68. The van der Waals surface area contributed by atoms with Crippen molar-refractivity contribution in [3.63, 3.8) is 0 Å². The first-order valence-electron chi connectivity index (χ1n) is 7.91. The van der Waals surface area contributed by atoms with Crippen LogP contribution >= 0.6 is 0 Å². The highest BCUT2D eigenvalue weighted by Gasteiger charge is 2.25. The summed E-state index contributed by atoms with van der Waals surface area (Å²) in [5.74, 6) is -0.140. The summed E-state index contributed by atoms with van der Waals surface area (Å²) < 4.78 is 19.0. The van der Waals surface area contributed by atoms with Crippen LogP contribution in [0.1, 0.15) is 51.8 Å². The number of halogens is 1. The van der Waals surface area contributed by atoms with Crippen LogP contribution in [0.2, 0.25) is 0 Å². The van der Waals surface area contributed by atoms with Crippen LogP contribution in [0.4, 0.5) is 9.18 Å². The summed E-state index contributed by atoms with van der Waals surface area (Å²) in [7, 11) is 0. The van der Waals surface area contributed by atoms with Gasteiger partial charge in [0, 0.05) is 6.54 Å². The Bertz CT molecular complexity index is 538. The minimum atomic E-state index is -0.962. The average Bonchev–Trinajstić information content (AvgIpc) is 2.38. The average molecular weight is 325 g/mol. The monoisotopic (exact) mass is 325 g/mol. The Morgan fingerprint density at radius 3 is 2.39 bits per heavy atom. The summed E-state index contributed by atoms with van der Waals surface area (Å²) in [6.07, 6.45) is -1.44. The molecule has 0 aliphatic carbocycles. The minimum absolute atomic E-state index is 0.0651. The Kier molecular flexibility index (Phi) is 6.57. The van der Waals surface area contributed by atoms with E-state index in [1.807, 2.05) is 13.8 Å². The maximum absolute atomic E-state index is 13.7. The molecule has 5 heteroatoms. The highest BCUT2D eigenvalue weighted by atomic mass is 19.1. The van der Waals surface area contributed by atoms with E-state index >= 15 is 0 Å². The number of ether oxygens (including phenoxy) is 1. The molecule has 0 radical (unpaired) electrons. The summed E-state index contributed by atoms with van der Waals surface area (Å²) in [6, 6.07) is 4.60. The van der Waals surface area contributed by atoms with Crippen LogP contribution in [0, 0.1) is 18.7 Å². The Hall–Kier alpha value is -1.62. The predicted octanol–water partition coefficient (Wildman–Crippen LogP) is 4.06. The van der Waals surface area contributed by atoms with E-state index in [0.717, 1.165) is 0 Å². The molecule has 23 heavy (non-hydrogen) atoms. The van der Waals surface area contributed by atoms with E-state index < -0.39 is 17.8 Å². The first kappa shape index (κ1) is 19.4. The Morgan fingerprint density at radius 1 is 1.30 bits per heavy atom. The molecule has 130 valence electrons. The molecule has 0 fully saturated rings. The van der Waals surface area contributed by atoms with Gasteiger partial charge in [0.15, 0.2) is 0 Å². The van der Waals surface area contributed by atoms with Crippen molar-refractivity contribution in [3.05, 3.63) is 35.1 Å². The fourth-order valence-electron chi connectivity index (χ4n) is 2.12. The summed E-state index contributed by atoms with van der Waals surface area (Å²) in [5, 5.41) is 10.4. The second-order valence-corrected chi connectivity index (χ2v) is 7.30. The number of aryl methyl sites for hydroxylation is 1. The summed E-state index contributed by atoms with van der Waals surface area (Å²) in [4.78, 5) is 13.8. The normalized spacial score (nSPS) is 13.1. The van der Waals surface area contributed by atoms with Crippen molar-refractivity contribution in [2.45, 2.75) is 53.2 Å². The van der Waals surface area contributed by atoms with Crippen LogP contribution in [-0.2, 0) is 4.74 Å². The Balaban J connectivity index is 2.87. The summed E-state index contributed by atoms with van der Waals surface area (Å²) >= 11 is 0. The first-order chi connectivity index (χ1) is 10.5. The van der Waals surface area contributed by atoms with Gasteiger partial charge in [-0.05, 0) is 50.8 Å². The van der Waals surface area contributed by atoms with Gasteiger partial charge in [0.05, 0.1) is 12.6 Å². The molecule has 1 aromatic carbocycles. The van der Waals surface area contributed by atoms with Gasteiger partial charge in [0.2, 0.25) is 0 Å². The number of benzene rings is 1. The van der Waals surface area contributed by atoms with Crippen molar-refractivity contribution in [1.29, 1.82) is 0 Å². The van der Waals surface area contributed by atoms with E-state index in [0.29, 0.717) is 17.7 Å². The van der Waals surface area contributed by atoms with Crippen LogP contribution in [0.15, 0.2) is 18.2 Å². The fourth-order valence-corrected chi connectivity index (χ4v) is 2.12. The quantitative estimate of drug-likeness (QED) is 0.888. The summed E-state index contributed by atoms with van der Waals surface area (Å²) in [6.45, 7) is 11.5. The second-order valence-electron chi connectivity index (χ2n) is 7.30. The second kappa shape index (κ2) is 7.77. The van der Waals surface area contributed by atoms with Crippen molar-refractivity contribution in [2.75, 3.05) is 13.1 Å². The number of rotatable bonds is 5. The van der Waals surface area contributed by atoms with E-state index in [9.17, 15) is 14.3 Å². The molecule has 0 aromatic heterocycles. The molecule has 0 spiro atoms. The fraction of sp³-hybridized carbons (Fsp3) is 0.611. The van der Waals surface area contributed by atoms with Gasteiger partial charge in [-0.3, -0.25) is 0 Å². The van der Waals surface area contributed by atoms with Crippen molar-refractivity contribution in [2.24, 2.45) is 5.92 Å². The number of aliphatic hydroxyl groups excluding tert-OH is 1. The zero-order chi connectivity index (χ0) is 17.8. The van der Waals surface area contributed by atoms with Crippen LogP contribution in [0.25, 0.3) is 0 Å². The van der Waals surface area contributed by atoms with Crippen molar-refractivity contribution in [1.82, 2.24) is 4.90 Å². The molecule has 0 aliphatic heterocycles. The number of aliphatic hydroxyl groups is 1. The summed E-state index contributed by atoms with van der Waals surface area (Å²) in [5.41, 5.74) is 0.366. The molecule has 1 rings (SSSR count). The van der Waals surface area contributed by atoms with Gasteiger partial charge in [0.1, 0.15) is 11.4 Å². The van der Waals surface area contributed by atoms with E-state index in [1.54, 1.807) is 39.8 Å². The predicted molar refractivity (Wildman–Crippen MR) is 88.7 cm³/mol. The molecule has 1 amide bonds. The molecule has 0 aliphatic rings. The minimum Gasteiger partial charge on any atom is -0.444 e. The number of hydrogen-bond acceptors (Lipinski definition) is 3. The zero-order valence-electron chi connectivity index (χ0n) is 14.9. The number of hydrogen-bond donors (Lipinski definition) is 1. The number of carbonyl (C=O) groups excluding carboxylic acids is 1. The zero-order valence-corrected chi connectivity index (χ0v) is 14.9. The smallest absolute Gasteiger partial charge is 0.410 e. The molecular weight excluding hydrogens is 297 g/mol. The van der Waals surface area contributed by atoms with Crippen molar-refractivity contribution in [3.8, 4) is 0 Å². The lowest BCUT2D eigenvalue weighted by Crippen LogP contribution is -2.41. The number of carbonyl (C=O) groups is 1. The first-order valence-corrected chi connectivity index (χ1v) is 7.91. The van der Waals surface area contributed by atoms with Crippen molar-refractivity contribution >= 4 is 6.09 Å². The van der Waals surface area contributed by atoms with Crippen LogP contribution < -0.4 is 0 Å². The van der Waals surface area contributed by atoms with Gasteiger partial charge in [-0.1, -0.05) is 26.0 Å². The molecule has 1 aromatic rings. The van der Waals surface area contributed by atoms with Gasteiger partial charge in [0.25, 0.3) is 0 Å². The molecule has 0 heterocycles. The lowest BCUT2D eigenvalue weighted by Gasteiger charge is -2.30. The molecule has 1 unspecified atom stereocenters. The molecule has 1 N–H and O–H groups in total.